The van der Waals surface area contributed by atoms with Crippen LogP contribution in [0.3, 0.4) is 0 Å². The van der Waals surface area contributed by atoms with Gasteiger partial charge in [0, 0.05) is 45.3 Å². The smallest absolute Gasteiger partial charge is 0.261 e. The van der Waals surface area contributed by atoms with Crippen LogP contribution in [-0.4, -0.2) is 12.4 Å². The fraction of sp³-hybridized carbons (Fsp3) is 0.512. The van der Waals surface area contributed by atoms with Crippen molar-refractivity contribution < 1.29 is 41.9 Å². The molecule has 1 fully saturated rings. The van der Waals surface area contributed by atoms with Gasteiger partial charge in [-0.1, -0.05) is 159 Å². The molecule has 1 saturated carbocycles. The largest absolute Gasteiger partial charge is 0.343 e. The molecule has 3 unspecified atom stereocenters. The summed E-state index contributed by atoms with van der Waals surface area (Å²) < 4.78 is 16.8. The summed E-state index contributed by atoms with van der Waals surface area (Å²) in [5, 5.41) is 4.17. The molecule has 1 radical (unpaired) electrons. The van der Waals surface area contributed by atoms with E-state index >= 15 is 0 Å². The zero-order valence-corrected chi connectivity index (χ0v) is 36.1. The molecule has 0 aromatic carbocycles. The van der Waals surface area contributed by atoms with Crippen LogP contribution < -0.4 is 0 Å². The maximum atomic E-state index is 11.6. The molecule has 0 spiro atoms. The first-order chi connectivity index (χ1) is 22.0. The molecule has 0 heterocycles. The van der Waals surface area contributed by atoms with Gasteiger partial charge in [-0.05, 0) is 96.0 Å². The van der Waals surface area contributed by atoms with Crippen LogP contribution in [0.4, 0.5) is 0 Å². The molecule has 0 saturated heterocycles. The van der Waals surface area contributed by atoms with E-state index in [0.717, 1.165) is 16.9 Å². The summed E-state index contributed by atoms with van der Waals surface area (Å²) in [5.74, 6) is 0.566. The van der Waals surface area contributed by atoms with Crippen LogP contribution in [0.2, 0.25) is 0 Å². The molecule has 0 aromatic heterocycles. The Morgan fingerprint density at radius 1 is 0.854 bits per heavy atom. The van der Waals surface area contributed by atoms with Gasteiger partial charge in [-0.3, -0.25) is 4.57 Å². The van der Waals surface area contributed by atoms with E-state index in [4.69, 9.17) is 4.62 Å². The summed E-state index contributed by atoms with van der Waals surface area (Å²) in [5.41, 5.74) is 10.6. The third-order valence-electron chi connectivity index (χ3n) is 9.58. The zero-order chi connectivity index (χ0) is 35.2. The third-order valence-corrected chi connectivity index (χ3v) is 9.93. The van der Waals surface area contributed by atoms with Crippen molar-refractivity contribution in [3.05, 3.63) is 118 Å². The van der Waals surface area contributed by atoms with Gasteiger partial charge in [0.25, 0.3) is 8.03 Å². The first-order valence-electron chi connectivity index (χ1n) is 17.6. The Hall–Kier alpha value is -1.80. The number of nitrogens with zero attached hydrogens (tertiary/aromatic N) is 1. The summed E-state index contributed by atoms with van der Waals surface area (Å²) >= 11 is 0. The number of rotatable bonds is 13. The second-order valence-electron chi connectivity index (χ2n) is 15.1. The molecule has 0 aromatic rings. The Labute approximate surface area is 320 Å². The van der Waals surface area contributed by atoms with E-state index in [1.807, 2.05) is 6.92 Å². The van der Waals surface area contributed by atoms with Crippen molar-refractivity contribution in [3.8, 4) is 0 Å². The Balaban J connectivity index is 0.0000115. The van der Waals surface area contributed by atoms with Gasteiger partial charge in [-0.15, -0.1) is 0 Å². The molecule has 0 N–H and O–H groups in total. The summed E-state index contributed by atoms with van der Waals surface area (Å²) in [6.07, 6.45) is 36.0. The molecular formula is C43H64NO2PY. The summed E-state index contributed by atoms with van der Waals surface area (Å²) in [6, 6.07) is 0. The summed E-state index contributed by atoms with van der Waals surface area (Å²) in [7, 11) is -2.15. The van der Waals surface area contributed by atoms with Gasteiger partial charge in [0.05, 0.1) is 5.71 Å². The number of hydrogen-bond acceptors (Lipinski definition) is 3. The van der Waals surface area contributed by atoms with E-state index in [1.165, 1.54) is 60.8 Å². The molecule has 0 aliphatic heterocycles. The van der Waals surface area contributed by atoms with Crippen LogP contribution in [0, 0.1) is 22.7 Å². The molecule has 3 atom stereocenters. The van der Waals surface area contributed by atoms with Crippen LogP contribution in [0.1, 0.15) is 115 Å². The minimum atomic E-state index is -2.15. The molecule has 2 aliphatic rings. The average Bonchev–Trinajstić information content (AvgIpc) is 2.96. The predicted molar refractivity (Wildman–Crippen MR) is 209 cm³/mol. The van der Waals surface area contributed by atoms with Gasteiger partial charge in [-0.2, -0.15) is 0 Å². The van der Waals surface area contributed by atoms with E-state index in [1.54, 1.807) is 12.2 Å². The second-order valence-corrected chi connectivity index (χ2v) is 16.3. The Morgan fingerprint density at radius 3 is 2.04 bits per heavy atom. The maximum Gasteiger partial charge on any atom is 0.261 e. The SMILES string of the molecule is CC1=C(/C=C/C(C)=C/C=C/C(C)=C/C(/C=C/C(C)=C/C=C/C(C)=C/C=C2\C(C)CCCC2(C)C)/C(C)=N/O[PH](C)=O)C(C)(C)CCC1.[Y]. The number of hydrogen-bond donors (Lipinski definition) is 0. The fourth-order valence-electron chi connectivity index (χ4n) is 6.63. The first kappa shape index (κ1) is 44.2. The Kier molecular flexibility index (Phi) is 19.7. The normalized spacial score (nSPS) is 23.9. The van der Waals surface area contributed by atoms with E-state index < -0.39 is 8.03 Å². The van der Waals surface area contributed by atoms with Crippen LogP contribution in [0.25, 0.3) is 0 Å². The molecule has 2 rings (SSSR count). The molecule has 0 amide bonds. The summed E-state index contributed by atoms with van der Waals surface area (Å²) in [4.78, 5) is 0. The van der Waals surface area contributed by atoms with E-state index in [2.05, 4.69) is 153 Å². The van der Waals surface area contributed by atoms with E-state index in [0.29, 0.717) is 5.92 Å². The van der Waals surface area contributed by atoms with Crippen molar-refractivity contribution in [2.45, 2.75) is 115 Å². The minimum Gasteiger partial charge on any atom is -0.343 e. The predicted octanol–water partition coefficient (Wildman–Crippen LogP) is 13.4. The van der Waals surface area contributed by atoms with Crippen molar-refractivity contribution >= 4 is 13.7 Å². The summed E-state index contributed by atoms with van der Waals surface area (Å²) in [6.45, 7) is 26.1. The molecule has 5 heteroatoms. The molecular weight excluding hydrogens is 682 g/mol. The monoisotopic (exact) mass is 746 g/mol. The van der Waals surface area contributed by atoms with Crippen molar-refractivity contribution in [3.63, 3.8) is 0 Å². The van der Waals surface area contributed by atoms with Crippen molar-refractivity contribution in [2.75, 3.05) is 6.66 Å². The van der Waals surface area contributed by atoms with Crippen LogP contribution in [0.5, 0.6) is 0 Å². The minimum absolute atomic E-state index is 0. The fourth-order valence-corrected chi connectivity index (χ4v) is 6.90. The van der Waals surface area contributed by atoms with Gasteiger partial charge in [0.15, 0.2) is 0 Å². The molecule has 261 valence electrons. The average molecular weight is 747 g/mol. The molecule has 2 aliphatic carbocycles. The Morgan fingerprint density at radius 2 is 1.44 bits per heavy atom. The number of allylic oxidation sites excluding steroid dienone is 20. The van der Waals surface area contributed by atoms with Gasteiger partial charge < -0.3 is 4.62 Å². The maximum absolute atomic E-state index is 11.6. The van der Waals surface area contributed by atoms with E-state index in [9.17, 15) is 4.57 Å². The molecule has 0 bridgehead atoms. The van der Waals surface area contributed by atoms with Crippen molar-refractivity contribution in [1.29, 1.82) is 0 Å². The van der Waals surface area contributed by atoms with Gasteiger partial charge in [0.2, 0.25) is 0 Å². The third kappa shape index (κ3) is 15.8. The van der Waals surface area contributed by atoms with Gasteiger partial charge >= 0.3 is 0 Å². The quantitative estimate of drug-likeness (QED) is 0.0815. The van der Waals surface area contributed by atoms with Gasteiger partial charge in [0.1, 0.15) is 0 Å². The Bertz CT molecular complexity index is 1450. The number of oxime groups is 1. The molecule has 48 heavy (non-hydrogen) atoms. The van der Waals surface area contributed by atoms with Crippen LogP contribution in [0.15, 0.2) is 123 Å². The van der Waals surface area contributed by atoms with Crippen molar-refractivity contribution in [1.82, 2.24) is 0 Å². The van der Waals surface area contributed by atoms with Crippen LogP contribution in [-0.2, 0) is 41.9 Å². The van der Waals surface area contributed by atoms with Gasteiger partial charge in [-0.25, -0.2) is 0 Å². The molecule has 3 nitrogen and oxygen atoms in total. The van der Waals surface area contributed by atoms with Crippen molar-refractivity contribution in [2.24, 2.45) is 27.8 Å². The topological polar surface area (TPSA) is 38.7 Å². The second kappa shape index (κ2) is 21.4. The van der Waals surface area contributed by atoms with Crippen LogP contribution >= 0.6 is 8.03 Å². The zero-order valence-electron chi connectivity index (χ0n) is 32.2. The standard InChI is InChI=1S/C43H64NO2P.Y/c1-32(17-13-18-33(2)24-27-40-36(5)21-15-29-42(40,8)9)23-26-39(38(7)44-46-47(12)45)31-35(4)20-14-19-34(3)25-28-41-37(6)22-16-30-43(41,10)11;/h13-14,17-20,23-28,31,36,39,47H,15-16,21-22,29-30H2,1-12H3;/b18-13+,20-14+,26-23+,28-25+,32-17+,33-24+,34-19+,35-31+,40-27+,44-38+;. The first-order valence-corrected chi connectivity index (χ1v) is 19.4. The van der Waals surface area contributed by atoms with E-state index in [-0.39, 0.29) is 49.5 Å².